The molecule has 1 nitrogen and oxygen atoms in total. The van der Waals surface area contributed by atoms with Gasteiger partial charge in [-0.3, -0.25) is 0 Å². The van der Waals surface area contributed by atoms with Gasteiger partial charge < -0.3 is 4.57 Å². The molecule has 0 N–H and O–H groups in total. The van der Waals surface area contributed by atoms with Crippen LogP contribution in [0.4, 0.5) is 0 Å². The largest absolute Gasteiger partial charge is 0.310 e. The first-order valence-corrected chi connectivity index (χ1v) is 26.1. The van der Waals surface area contributed by atoms with Gasteiger partial charge in [0, 0.05) is 16.5 Å². The molecule has 0 saturated carbocycles. The number of nitrogens with zero attached hydrogens (tertiary/aromatic N) is 1. The monoisotopic (exact) mass is 940 g/mol. The zero-order valence-electron chi connectivity index (χ0n) is 43.6. The van der Waals surface area contributed by atoms with Crippen LogP contribution >= 0.6 is 0 Å². The molecule has 0 radical (unpaired) electrons. The van der Waals surface area contributed by atoms with Gasteiger partial charge in [0.25, 0.3) is 0 Å². The molecule has 0 unspecified atom stereocenters. The van der Waals surface area contributed by atoms with Crippen molar-refractivity contribution in [3.05, 3.63) is 277 Å². The number of fused-ring (bicyclic) bond motifs is 3. The second kappa shape index (κ2) is 27.0. The predicted molar refractivity (Wildman–Crippen MR) is 318 cm³/mol. The van der Waals surface area contributed by atoms with Crippen LogP contribution in [-0.4, -0.2) is 4.57 Å². The normalized spacial score (nSPS) is 12.2. The van der Waals surface area contributed by atoms with Crippen molar-refractivity contribution >= 4 is 44.2 Å². The quantitative estimate of drug-likeness (QED) is 0.108. The number of benzene rings is 8. The summed E-state index contributed by atoms with van der Waals surface area (Å²) in [6, 6.07) is 73.6. The SMILES string of the molecule is C=C(C)c1ccccc1.CC/C=C(/C=C(\CCC)c1ccc(-c2ccc(C)cc2)cc1)c1ccccc1.CCCc1ccccc1.Cc1ccc(-c2ccc3c(c2)c2ccccc2n3C2=CCCC=C2)cc1. The van der Waals surface area contributed by atoms with Crippen LogP contribution in [0.1, 0.15) is 99.6 Å². The van der Waals surface area contributed by atoms with Crippen LogP contribution in [0.25, 0.3) is 66.5 Å². The molecule has 8 aromatic carbocycles. The zero-order chi connectivity index (χ0) is 50.5. The molecule has 0 saturated heterocycles. The van der Waals surface area contributed by atoms with E-state index in [1.807, 2.05) is 25.1 Å². The van der Waals surface area contributed by atoms with Crippen molar-refractivity contribution in [3.63, 3.8) is 0 Å². The molecule has 10 rings (SSSR count). The number of hydrogen-bond acceptors (Lipinski definition) is 0. The van der Waals surface area contributed by atoms with E-state index >= 15 is 0 Å². The summed E-state index contributed by atoms with van der Waals surface area (Å²) in [5, 5.41) is 2.63. The van der Waals surface area contributed by atoms with E-state index in [1.54, 1.807) is 0 Å². The van der Waals surface area contributed by atoms with Gasteiger partial charge in [-0.1, -0.05) is 269 Å². The van der Waals surface area contributed by atoms with Crippen molar-refractivity contribution in [1.82, 2.24) is 4.57 Å². The fourth-order valence-corrected chi connectivity index (χ4v) is 9.09. The summed E-state index contributed by atoms with van der Waals surface area (Å²) in [5.41, 5.74) is 20.6. The fraction of sp³-hybridized carbons (Fsp3) is 0.183. The maximum Gasteiger partial charge on any atom is 0.0541 e. The van der Waals surface area contributed by atoms with Gasteiger partial charge in [0.05, 0.1) is 11.0 Å². The maximum atomic E-state index is 3.83. The molecule has 72 heavy (non-hydrogen) atoms. The van der Waals surface area contributed by atoms with Crippen LogP contribution in [0, 0.1) is 13.8 Å². The molecule has 1 aliphatic carbocycles. The van der Waals surface area contributed by atoms with Crippen LogP contribution in [0.2, 0.25) is 0 Å². The van der Waals surface area contributed by atoms with Crippen molar-refractivity contribution in [1.29, 1.82) is 0 Å². The van der Waals surface area contributed by atoms with Crippen molar-refractivity contribution in [2.24, 2.45) is 0 Å². The third kappa shape index (κ3) is 14.4. The lowest BCUT2D eigenvalue weighted by Crippen LogP contribution is -1.96. The molecule has 9 aromatic rings. The second-order valence-corrected chi connectivity index (χ2v) is 18.7. The van der Waals surface area contributed by atoms with E-state index < -0.39 is 0 Å². The van der Waals surface area contributed by atoms with Crippen LogP contribution in [0.15, 0.2) is 243 Å². The summed E-state index contributed by atoms with van der Waals surface area (Å²) in [6.07, 6.45) is 19.5. The third-order valence-electron chi connectivity index (χ3n) is 13.0. The average Bonchev–Trinajstić information content (AvgIpc) is 3.76. The minimum absolute atomic E-state index is 1.03. The van der Waals surface area contributed by atoms with Gasteiger partial charge in [0.15, 0.2) is 0 Å². The summed E-state index contributed by atoms with van der Waals surface area (Å²) in [7, 11) is 0. The first-order valence-electron chi connectivity index (χ1n) is 26.1. The Morgan fingerprint density at radius 1 is 0.514 bits per heavy atom. The summed E-state index contributed by atoms with van der Waals surface area (Å²) >= 11 is 0. The van der Waals surface area contributed by atoms with Crippen molar-refractivity contribution in [3.8, 4) is 22.3 Å². The summed E-state index contributed by atoms with van der Waals surface area (Å²) in [6.45, 7) is 16.7. The third-order valence-corrected chi connectivity index (χ3v) is 13.0. The molecule has 362 valence electrons. The Kier molecular flexibility index (Phi) is 19.6. The molecule has 1 aliphatic rings. The highest BCUT2D eigenvalue weighted by Gasteiger charge is 2.14. The van der Waals surface area contributed by atoms with Crippen molar-refractivity contribution in [2.75, 3.05) is 0 Å². The minimum Gasteiger partial charge on any atom is -0.310 e. The number of para-hydroxylation sites is 1. The summed E-state index contributed by atoms with van der Waals surface area (Å²) < 4.78 is 2.40. The fourth-order valence-electron chi connectivity index (χ4n) is 9.09. The first-order chi connectivity index (χ1) is 35.3. The molecular weight excluding hydrogens is 867 g/mol. The molecule has 0 bridgehead atoms. The molecule has 1 heteroatoms. The smallest absolute Gasteiger partial charge is 0.0541 e. The van der Waals surface area contributed by atoms with E-state index in [-0.39, 0.29) is 0 Å². The molecule has 0 aliphatic heterocycles. The Morgan fingerprint density at radius 2 is 1.04 bits per heavy atom. The Balaban J connectivity index is 0.000000158. The number of aromatic nitrogens is 1. The van der Waals surface area contributed by atoms with Gasteiger partial charge in [0.1, 0.15) is 0 Å². The number of allylic oxidation sites excluding steroid dienone is 9. The molecule has 0 amide bonds. The van der Waals surface area contributed by atoms with Gasteiger partial charge in [-0.2, -0.15) is 0 Å². The van der Waals surface area contributed by atoms with Gasteiger partial charge >= 0.3 is 0 Å². The van der Waals surface area contributed by atoms with E-state index in [0.29, 0.717) is 0 Å². The molecular formula is C71H73N. The molecule has 0 fully saturated rings. The lowest BCUT2D eigenvalue weighted by molar-refractivity contribution is 0.922. The first kappa shape index (κ1) is 52.1. The number of aryl methyl sites for hydroxylation is 3. The van der Waals surface area contributed by atoms with Crippen LogP contribution in [0.5, 0.6) is 0 Å². The predicted octanol–water partition coefficient (Wildman–Crippen LogP) is 20.7. The van der Waals surface area contributed by atoms with Crippen LogP contribution < -0.4 is 0 Å². The summed E-state index contributed by atoms with van der Waals surface area (Å²) in [5.74, 6) is 0. The molecule has 0 atom stereocenters. The highest BCUT2D eigenvalue weighted by Crippen LogP contribution is 2.36. The Labute approximate surface area is 432 Å². The molecule has 0 spiro atoms. The molecule has 1 heterocycles. The van der Waals surface area contributed by atoms with E-state index in [2.05, 4.69) is 264 Å². The number of hydrogen-bond donors (Lipinski definition) is 0. The van der Waals surface area contributed by atoms with E-state index in [0.717, 1.165) is 37.7 Å². The highest BCUT2D eigenvalue weighted by molar-refractivity contribution is 6.11. The van der Waals surface area contributed by atoms with Crippen molar-refractivity contribution in [2.45, 2.75) is 86.5 Å². The highest BCUT2D eigenvalue weighted by atomic mass is 15.0. The van der Waals surface area contributed by atoms with Crippen LogP contribution in [0.3, 0.4) is 0 Å². The lowest BCUT2D eigenvalue weighted by atomic mass is 9.94. The summed E-state index contributed by atoms with van der Waals surface area (Å²) in [4.78, 5) is 0. The topological polar surface area (TPSA) is 4.93 Å². The van der Waals surface area contributed by atoms with E-state index in [1.165, 1.54) is 107 Å². The van der Waals surface area contributed by atoms with Crippen molar-refractivity contribution < 1.29 is 0 Å². The Bertz CT molecular complexity index is 3210. The standard InChI is InChI=1S/C28H30.C25H21N.C9H10.C9H12/c1-4-9-27(23-11-7-6-8-12-23)21-28(10-5-2)26-19-17-25(18-20-26)24-15-13-22(3)14-16-24;1-18-11-13-19(14-12-18)20-15-16-25-23(17-20)22-9-5-6-10-24(22)26(25)21-7-3-2-4-8-21;1-8(2)9-6-4-3-5-7-9;1-2-6-9-7-4-3-5-8-9/h6-9,11-21H,4-5,10H2,1-3H3;3,5-17H,2,4H2,1H3;3-7H,1H2,2H3;3-5,7-8H,2,6H2,1H3/b27-9-,28-21+;;;. The minimum atomic E-state index is 1.03. The van der Waals surface area contributed by atoms with Gasteiger partial charge in [-0.25, -0.2) is 0 Å². The van der Waals surface area contributed by atoms with E-state index in [9.17, 15) is 0 Å². The average molecular weight is 940 g/mol. The second-order valence-electron chi connectivity index (χ2n) is 18.7. The Hall–Kier alpha value is -7.74. The van der Waals surface area contributed by atoms with Gasteiger partial charge in [0.2, 0.25) is 0 Å². The van der Waals surface area contributed by atoms with Gasteiger partial charge in [-0.15, -0.1) is 0 Å². The van der Waals surface area contributed by atoms with Crippen LogP contribution in [-0.2, 0) is 6.42 Å². The maximum absolute atomic E-state index is 3.83. The van der Waals surface area contributed by atoms with E-state index in [4.69, 9.17) is 0 Å². The lowest BCUT2D eigenvalue weighted by Gasteiger charge is -2.12. The number of rotatable bonds is 12. The molecule has 1 aromatic heterocycles. The van der Waals surface area contributed by atoms with Gasteiger partial charge in [-0.05, 0) is 133 Å². The zero-order valence-corrected chi connectivity index (χ0v) is 43.6. The Morgan fingerprint density at radius 3 is 1.58 bits per heavy atom.